The molecule has 62 valence electrons. The second kappa shape index (κ2) is 4.67. The van der Waals surface area contributed by atoms with E-state index < -0.39 is 0 Å². The molecule has 0 N–H and O–H groups in total. The second-order valence-electron chi connectivity index (χ2n) is 2.31. The van der Waals surface area contributed by atoms with Crippen molar-refractivity contribution < 1.29 is 4.74 Å². The van der Waals surface area contributed by atoms with Gasteiger partial charge in [0.2, 0.25) is 0 Å². The summed E-state index contributed by atoms with van der Waals surface area (Å²) in [6.07, 6.45) is 2.64. The molecular weight excluding hydrogens is 168 g/mol. The van der Waals surface area contributed by atoms with E-state index >= 15 is 0 Å². The highest BCUT2D eigenvalue weighted by atomic mass is 32.1. The fraction of sp³-hybridized carbons (Fsp3) is 0.100. The highest BCUT2D eigenvalue weighted by Gasteiger charge is 1.98. The van der Waals surface area contributed by atoms with Crippen LogP contribution in [0.5, 0.6) is 5.75 Å². The lowest BCUT2D eigenvalue weighted by atomic mass is 10.1. The van der Waals surface area contributed by atoms with Crippen LogP contribution in [0, 0.1) is 0 Å². The van der Waals surface area contributed by atoms with E-state index in [-0.39, 0.29) is 0 Å². The van der Waals surface area contributed by atoms with Crippen molar-refractivity contribution in [1.82, 2.24) is 0 Å². The molecule has 0 saturated carbocycles. The highest BCUT2D eigenvalue weighted by molar-refractivity contribution is 7.78. The van der Waals surface area contributed by atoms with Crippen LogP contribution >= 0.6 is 12.2 Å². The molecule has 0 saturated heterocycles. The minimum atomic E-state index is 0.805. The molecule has 1 aromatic rings. The molecule has 1 aromatic carbocycles. The van der Waals surface area contributed by atoms with E-state index in [2.05, 4.69) is 18.8 Å². The lowest BCUT2D eigenvalue weighted by Gasteiger charge is -2.04. The van der Waals surface area contributed by atoms with Gasteiger partial charge in [0.1, 0.15) is 5.75 Å². The average Bonchev–Trinajstić information content (AvgIpc) is 2.09. The van der Waals surface area contributed by atoms with Crippen LogP contribution in [0.25, 0.3) is 0 Å². The second-order valence-corrected chi connectivity index (χ2v) is 2.51. The summed E-state index contributed by atoms with van der Waals surface area (Å²) in [5.74, 6) is 0.812. The molecule has 12 heavy (non-hydrogen) atoms. The summed E-state index contributed by atoms with van der Waals surface area (Å²) in [6.45, 7) is 3.67. The maximum atomic E-state index is 5.13. The van der Waals surface area contributed by atoms with Crippen LogP contribution in [0.15, 0.2) is 36.9 Å². The van der Waals surface area contributed by atoms with Crippen LogP contribution in [0.3, 0.4) is 0 Å². The molecule has 0 bridgehead atoms. The Morgan fingerprint density at radius 3 is 2.83 bits per heavy atom. The highest BCUT2D eigenvalue weighted by Crippen LogP contribution is 2.17. The Morgan fingerprint density at radius 1 is 1.42 bits per heavy atom. The third-order valence-electron chi connectivity index (χ3n) is 1.51. The number of thiocarbonyl (C=S) groups is 1. The van der Waals surface area contributed by atoms with Crippen LogP contribution in [0.2, 0.25) is 0 Å². The molecule has 0 aliphatic carbocycles. The summed E-state index contributed by atoms with van der Waals surface area (Å²) in [4.78, 5) is 0. The molecule has 0 fully saturated rings. The van der Waals surface area contributed by atoms with Crippen LogP contribution in [-0.4, -0.2) is 5.55 Å². The summed E-state index contributed by atoms with van der Waals surface area (Å²) >= 11 is 4.60. The lowest BCUT2D eigenvalue weighted by molar-refractivity contribution is 0.579. The van der Waals surface area contributed by atoms with Crippen LogP contribution < -0.4 is 4.74 Å². The Bertz CT molecular complexity index is 252. The molecule has 2 heteroatoms. The third kappa shape index (κ3) is 2.17. The monoisotopic (exact) mass is 178 g/mol. The number of rotatable bonds is 4. The Labute approximate surface area is 77.7 Å². The standard InChI is InChI=1S/C10H10OS/c1-2-5-9-6-3-4-7-10(9)11-8-12/h2-4,6-8H,1,5H2. The maximum absolute atomic E-state index is 5.13. The SMILES string of the molecule is C=CCc1ccccc1OC=S. The van der Waals surface area contributed by atoms with Gasteiger partial charge >= 0.3 is 0 Å². The van der Waals surface area contributed by atoms with E-state index in [1.54, 1.807) is 0 Å². The Balaban J connectivity index is 2.90. The van der Waals surface area contributed by atoms with Gasteiger partial charge in [-0.3, -0.25) is 0 Å². The zero-order chi connectivity index (χ0) is 8.81. The van der Waals surface area contributed by atoms with E-state index in [9.17, 15) is 0 Å². The van der Waals surface area contributed by atoms with Crippen molar-refractivity contribution >= 4 is 17.8 Å². The van der Waals surface area contributed by atoms with Crippen molar-refractivity contribution in [3.8, 4) is 5.75 Å². The van der Waals surface area contributed by atoms with Gasteiger partial charge in [0.05, 0.1) is 0 Å². The van der Waals surface area contributed by atoms with Gasteiger partial charge in [0.15, 0.2) is 5.55 Å². The molecule has 0 aliphatic rings. The Kier molecular flexibility index (Phi) is 3.48. The van der Waals surface area contributed by atoms with E-state index in [0.29, 0.717) is 0 Å². The first-order chi connectivity index (χ1) is 5.88. The first-order valence-electron chi connectivity index (χ1n) is 3.67. The predicted molar refractivity (Wildman–Crippen MR) is 54.6 cm³/mol. The molecule has 0 atom stereocenters. The Morgan fingerprint density at radius 2 is 2.17 bits per heavy atom. The average molecular weight is 178 g/mol. The van der Waals surface area contributed by atoms with Gasteiger partial charge in [-0.2, -0.15) is 0 Å². The number of para-hydroxylation sites is 1. The maximum Gasteiger partial charge on any atom is 0.154 e. The van der Waals surface area contributed by atoms with E-state index in [1.165, 1.54) is 5.55 Å². The fourth-order valence-electron chi connectivity index (χ4n) is 0.995. The topological polar surface area (TPSA) is 9.23 Å². The van der Waals surface area contributed by atoms with Gasteiger partial charge in [-0.1, -0.05) is 24.3 Å². The van der Waals surface area contributed by atoms with E-state index in [1.807, 2.05) is 30.3 Å². The van der Waals surface area contributed by atoms with Gasteiger partial charge in [-0.05, 0) is 30.3 Å². The Hall–Kier alpha value is -1.15. The molecule has 1 rings (SSSR count). The molecule has 0 spiro atoms. The summed E-state index contributed by atoms with van der Waals surface area (Å²) in [5.41, 5.74) is 2.37. The predicted octanol–water partition coefficient (Wildman–Crippen LogP) is 2.75. The lowest BCUT2D eigenvalue weighted by Crippen LogP contribution is -1.91. The first-order valence-corrected chi connectivity index (χ1v) is 4.14. The quantitative estimate of drug-likeness (QED) is 0.518. The van der Waals surface area contributed by atoms with Crippen LogP contribution in [0.1, 0.15) is 5.56 Å². The minimum absolute atomic E-state index is 0.805. The van der Waals surface area contributed by atoms with Gasteiger partial charge < -0.3 is 4.74 Å². The molecule has 1 nitrogen and oxygen atoms in total. The van der Waals surface area contributed by atoms with Crippen molar-refractivity contribution in [3.63, 3.8) is 0 Å². The summed E-state index contributed by atoms with van der Waals surface area (Å²) in [5, 5.41) is 0. The largest absolute Gasteiger partial charge is 0.453 e. The minimum Gasteiger partial charge on any atom is -0.453 e. The van der Waals surface area contributed by atoms with E-state index in [0.717, 1.165) is 17.7 Å². The zero-order valence-electron chi connectivity index (χ0n) is 6.69. The van der Waals surface area contributed by atoms with Crippen LogP contribution in [-0.2, 0) is 6.42 Å². The van der Waals surface area contributed by atoms with Crippen molar-refractivity contribution in [1.29, 1.82) is 0 Å². The van der Waals surface area contributed by atoms with Gasteiger partial charge in [0.25, 0.3) is 0 Å². The molecule has 0 aliphatic heterocycles. The van der Waals surface area contributed by atoms with Gasteiger partial charge in [-0.25, -0.2) is 0 Å². The number of hydrogen-bond donors (Lipinski definition) is 0. The van der Waals surface area contributed by atoms with Crippen molar-refractivity contribution in [3.05, 3.63) is 42.5 Å². The number of benzene rings is 1. The smallest absolute Gasteiger partial charge is 0.154 e. The van der Waals surface area contributed by atoms with Gasteiger partial charge in [-0.15, -0.1) is 6.58 Å². The first kappa shape index (κ1) is 8.94. The number of ether oxygens (including phenoxy) is 1. The summed E-state index contributed by atoms with van der Waals surface area (Å²) in [7, 11) is 0. The molecular formula is C10H10OS. The molecule has 0 heterocycles. The van der Waals surface area contributed by atoms with Crippen molar-refractivity contribution in [2.45, 2.75) is 6.42 Å². The molecule has 0 unspecified atom stereocenters. The van der Waals surface area contributed by atoms with Crippen molar-refractivity contribution in [2.24, 2.45) is 0 Å². The van der Waals surface area contributed by atoms with Crippen LogP contribution in [0.4, 0.5) is 0 Å². The van der Waals surface area contributed by atoms with Crippen molar-refractivity contribution in [2.75, 3.05) is 0 Å². The van der Waals surface area contributed by atoms with Gasteiger partial charge in [0, 0.05) is 0 Å². The third-order valence-corrected chi connectivity index (χ3v) is 1.61. The summed E-state index contributed by atoms with van der Waals surface area (Å²) in [6, 6.07) is 7.77. The number of hydrogen-bond acceptors (Lipinski definition) is 2. The summed E-state index contributed by atoms with van der Waals surface area (Å²) < 4.78 is 5.13. The molecule has 0 radical (unpaired) electrons. The van der Waals surface area contributed by atoms with E-state index in [4.69, 9.17) is 4.74 Å². The zero-order valence-corrected chi connectivity index (χ0v) is 7.51. The molecule has 0 aromatic heterocycles. The number of allylic oxidation sites excluding steroid dienone is 1. The normalized spacial score (nSPS) is 9.00. The molecule has 0 amide bonds. The fourth-order valence-corrected chi connectivity index (χ4v) is 1.10.